The molecule has 0 unspecified atom stereocenters. The van der Waals surface area contributed by atoms with Gasteiger partial charge in [-0.25, -0.2) is 0 Å². The molecule has 0 bridgehead atoms. The second-order valence-electron chi connectivity index (χ2n) is 3.44. The molecule has 0 spiro atoms. The lowest BCUT2D eigenvalue weighted by molar-refractivity contribution is 0.519. The van der Waals surface area contributed by atoms with E-state index in [0.717, 1.165) is 18.8 Å². The van der Waals surface area contributed by atoms with Crippen LogP contribution in [0, 0.1) is 11.3 Å². The zero-order valence-electron chi connectivity index (χ0n) is 7.57. The number of nitrogens with zero attached hydrogens (tertiary/aromatic N) is 2. The largest absolute Gasteiger partial charge is 0.367 e. The van der Waals surface area contributed by atoms with E-state index in [-0.39, 0.29) is 6.04 Å². The number of nitrogens with two attached hydrogens (primary N) is 1. The predicted molar refractivity (Wildman–Crippen MR) is 56.4 cm³/mol. The standard InChI is InChI=1S/C10H10ClN3/c11-9-3-7(4-12)1-2-10(9)14-5-8(13)6-14/h1-3,8H,5-6,13H2. The van der Waals surface area contributed by atoms with Crippen LogP contribution < -0.4 is 10.6 Å². The number of rotatable bonds is 1. The molecule has 0 atom stereocenters. The first-order valence-electron chi connectivity index (χ1n) is 4.41. The van der Waals surface area contributed by atoms with E-state index in [1.807, 2.05) is 6.07 Å². The summed E-state index contributed by atoms with van der Waals surface area (Å²) < 4.78 is 0. The molecule has 1 aromatic rings. The van der Waals surface area contributed by atoms with E-state index in [0.29, 0.717) is 10.6 Å². The Morgan fingerprint density at radius 1 is 1.50 bits per heavy atom. The summed E-state index contributed by atoms with van der Waals surface area (Å²) in [6.45, 7) is 1.68. The van der Waals surface area contributed by atoms with Gasteiger partial charge >= 0.3 is 0 Å². The van der Waals surface area contributed by atoms with Crippen molar-refractivity contribution in [1.82, 2.24) is 0 Å². The van der Waals surface area contributed by atoms with Crippen LogP contribution in [-0.4, -0.2) is 19.1 Å². The topological polar surface area (TPSA) is 53.0 Å². The first-order valence-corrected chi connectivity index (χ1v) is 4.78. The molecule has 72 valence electrons. The summed E-state index contributed by atoms with van der Waals surface area (Å²) in [6, 6.07) is 7.62. The van der Waals surface area contributed by atoms with E-state index in [9.17, 15) is 0 Å². The maximum absolute atomic E-state index is 8.66. The molecular formula is C10H10ClN3. The van der Waals surface area contributed by atoms with Crippen LogP contribution in [0.4, 0.5) is 5.69 Å². The van der Waals surface area contributed by atoms with E-state index in [2.05, 4.69) is 11.0 Å². The molecule has 1 aromatic carbocycles. The van der Waals surface area contributed by atoms with E-state index in [1.165, 1.54) is 0 Å². The first-order chi connectivity index (χ1) is 6.70. The lowest BCUT2D eigenvalue weighted by atomic mass is 10.1. The number of halogens is 1. The highest BCUT2D eigenvalue weighted by molar-refractivity contribution is 6.33. The van der Waals surface area contributed by atoms with Gasteiger partial charge in [-0.05, 0) is 18.2 Å². The fraction of sp³-hybridized carbons (Fsp3) is 0.300. The molecule has 1 fully saturated rings. The van der Waals surface area contributed by atoms with Gasteiger partial charge in [0.15, 0.2) is 0 Å². The highest BCUT2D eigenvalue weighted by atomic mass is 35.5. The molecule has 4 heteroatoms. The quantitative estimate of drug-likeness (QED) is 0.757. The first kappa shape index (κ1) is 9.32. The predicted octanol–water partition coefficient (Wildman–Crippen LogP) is 1.36. The SMILES string of the molecule is N#Cc1ccc(N2CC(N)C2)c(Cl)c1. The minimum Gasteiger partial charge on any atom is -0.367 e. The average molecular weight is 208 g/mol. The van der Waals surface area contributed by atoms with Crippen molar-refractivity contribution >= 4 is 17.3 Å². The molecule has 0 aliphatic carbocycles. The lowest BCUT2D eigenvalue weighted by Gasteiger charge is -2.39. The maximum atomic E-state index is 8.66. The minimum atomic E-state index is 0.252. The minimum absolute atomic E-state index is 0.252. The van der Waals surface area contributed by atoms with Gasteiger partial charge < -0.3 is 10.6 Å². The maximum Gasteiger partial charge on any atom is 0.0992 e. The third-order valence-electron chi connectivity index (χ3n) is 2.33. The van der Waals surface area contributed by atoms with E-state index < -0.39 is 0 Å². The van der Waals surface area contributed by atoms with Crippen molar-refractivity contribution in [3.8, 4) is 6.07 Å². The van der Waals surface area contributed by atoms with Gasteiger partial charge in [-0.3, -0.25) is 0 Å². The summed E-state index contributed by atoms with van der Waals surface area (Å²) in [7, 11) is 0. The van der Waals surface area contributed by atoms with Crippen LogP contribution in [0.15, 0.2) is 18.2 Å². The van der Waals surface area contributed by atoms with Gasteiger partial charge in [0.25, 0.3) is 0 Å². The normalized spacial score (nSPS) is 16.2. The molecule has 3 nitrogen and oxygen atoms in total. The van der Waals surface area contributed by atoms with Crippen molar-refractivity contribution in [3.05, 3.63) is 28.8 Å². The Morgan fingerprint density at radius 3 is 2.71 bits per heavy atom. The van der Waals surface area contributed by atoms with Crippen molar-refractivity contribution in [3.63, 3.8) is 0 Å². The highest BCUT2D eigenvalue weighted by Crippen LogP contribution is 2.29. The molecule has 0 radical (unpaired) electrons. The Morgan fingerprint density at radius 2 is 2.21 bits per heavy atom. The van der Waals surface area contributed by atoms with E-state index >= 15 is 0 Å². The van der Waals surface area contributed by atoms with Crippen LogP contribution in [0.3, 0.4) is 0 Å². The number of benzene rings is 1. The van der Waals surface area contributed by atoms with E-state index in [4.69, 9.17) is 22.6 Å². The summed E-state index contributed by atoms with van der Waals surface area (Å²) in [5.74, 6) is 0. The third kappa shape index (κ3) is 1.54. The summed E-state index contributed by atoms with van der Waals surface area (Å²) in [6.07, 6.45) is 0. The number of hydrogen-bond acceptors (Lipinski definition) is 3. The molecule has 1 aliphatic rings. The molecule has 0 aromatic heterocycles. The van der Waals surface area contributed by atoms with Crippen LogP contribution in [0.2, 0.25) is 5.02 Å². The molecule has 0 saturated carbocycles. The molecule has 2 rings (SSSR count). The second kappa shape index (κ2) is 3.49. The summed E-state index contributed by atoms with van der Waals surface area (Å²) in [4.78, 5) is 2.11. The fourth-order valence-corrected chi connectivity index (χ4v) is 1.84. The fourth-order valence-electron chi connectivity index (χ4n) is 1.54. The van der Waals surface area contributed by atoms with Crippen LogP contribution in [0.1, 0.15) is 5.56 Å². The zero-order valence-corrected chi connectivity index (χ0v) is 8.33. The summed E-state index contributed by atoms with van der Waals surface area (Å²) in [5.41, 5.74) is 7.23. The van der Waals surface area contributed by atoms with E-state index in [1.54, 1.807) is 12.1 Å². The molecule has 0 amide bonds. The Bertz CT molecular complexity index is 391. The van der Waals surface area contributed by atoms with Crippen LogP contribution >= 0.6 is 11.6 Å². The van der Waals surface area contributed by atoms with Gasteiger partial charge in [-0.1, -0.05) is 11.6 Å². The van der Waals surface area contributed by atoms with Crippen molar-refractivity contribution in [2.45, 2.75) is 6.04 Å². The Hall–Kier alpha value is -1.24. The average Bonchev–Trinajstić information content (AvgIpc) is 2.13. The van der Waals surface area contributed by atoms with Crippen LogP contribution in [-0.2, 0) is 0 Å². The lowest BCUT2D eigenvalue weighted by Crippen LogP contribution is -2.55. The highest BCUT2D eigenvalue weighted by Gasteiger charge is 2.24. The van der Waals surface area contributed by atoms with Crippen molar-refractivity contribution in [2.24, 2.45) is 5.73 Å². The van der Waals surface area contributed by atoms with Gasteiger partial charge in [-0.15, -0.1) is 0 Å². The molecule has 1 heterocycles. The molecule has 2 N–H and O–H groups in total. The summed E-state index contributed by atoms with van der Waals surface area (Å²) in [5, 5.41) is 9.28. The van der Waals surface area contributed by atoms with Crippen molar-refractivity contribution in [1.29, 1.82) is 5.26 Å². The molecule has 14 heavy (non-hydrogen) atoms. The summed E-state index contributed by atoms with van der Waals surface area (Å²) >= 11 is 6.03. The Balaban J connectivity index is 2.24. The van der Waals surface area contributed by atoms with Gasteiger partial charge in [0.1, 0.15) is 0 Å². The zero-order chi connectivity index (χ0) is 10.1. The van der Waals surface area contributed by atoms with Gasteiger partial charge in [0.05, 0.1) is 22.3 Å². The smallest absolute Gasteiger partial charge is 0.0992 e. The third-order valence-corrected chi connectivity index (χ3v) is 2.63. The van der Waals surface area contributed by atoms with Crippen molar-refractivity contribution in [2.75, 3.05) is 18.0 Å². The molecule has 1 saturated heterocycles. The van der Waals surface area contributed by atoms with Gasteiger partial charge in [-0.2, -0.15) is 5.26 Å². The number of hydrogen-bond donors (Lipinski definition) is 1. The van der Waals surface area contributed by atoms with Gasteiger partial charge in [0, 0.05) is 19.1 Å². The number of anilines is 1. The van der Waals surface area contributed by atoms with Crippen LogP contribution in [0.5, 0.6) is 0 Å². The van der Waals surface area contributed by atoms with Crippen LogP contribution in [0.25, 0.3) is 0 Å². The number of nitriles is 1. The second-order valence-corrected chi connectivity index (χ2v) is 3.85. The Kier molecular flexibility index (Phi) is 2.32. The Labute approximate surface area is 87.7 Å². The monoisotopic (exact) mass is 207 g/mol. The molecule has 1 aliphatic heterocycles. The van der Waals surface area contributed by atoms with Crippen molar-refractivity contribution < 1.29 is 0 Å². The van der Waals surface area contributed by atoms with Gasteiger partial charge in [0.2, 0.25) is 0 Å². The molecular weight excluding hydrogens is 198 g/mol.